The Hall–Kier alpha value is -2.69. The van der Waals surface area contributed by atoms with Crippen molar-refractivity contribution in [2.75, 3.05) is 18.2 Å². The third-order valence-electron chi connectivity index (χ3n) is 6.30. The number of amides is 1. The summed E-state index contributed by atoms with van der Waals surface area (Å²) in [5.41, 5.74) is 2.62. The average molecular weight is 541 g/mol. The van der Waals surface area contributed by atoms with E-state index in [1.165, 1.54) is 39.8 Å². The number of thioether (sulfide) groups is 1. The highest BCUT2D eigenvalue weighted by molar-refractivity contribution is 7.99. The first-order valence-electron chi connectivity index (χ1n) is 12.0. The van der Waals surface area contributed by atoms with Gasteiger partial charge in [0.1, 0.15) is 5.00 Å². The molecule has 3 heterocycles. The third kappa shape index (κ3) is 4.81. The summed E-state index contributed by atoms with van der Waals surface area (Å²) in [4.78, 5) is 26.7. The van der Waals surface area contributed by atoms with Crippen molar-refractivity contribution in [3.8, 4) is 11.4 Å². The van der Waals surface area contributed by atoms with Gasteiger partial charge in [0.05, 0.1) is 18.4 Å². The normalized spacial score (nSPS) is 13.6. The van der Waals surface area contributed by atoms with Gasteiger partial charge in [0.15, 0.2) is 11.0 Å². The summed E-state index contributed by atoms with van der Waals surface area (Å²) in [6.07, 6.45) is 5.08. The highest BCUT2D eigenvalue weighted by atomic mass is 32.2. The van der Waals surface area contributed by atoms with Gasteiger partial charge in [-0.2, -0.15) is 0 Å². The van der Waals surface area contributed by atoms with E-state index < -0.39 is 0 Å². The Morgan fingerprint density at radius 3 is 2.78 bits per heavy atom. The van der Waals surface area contributed by atoms with E-state index in [1.807, 2.05) is 12.1 Å². The fourth-order valence-electron chi connectivity index (χ4n) is 4.62. The van der Waals surface area contributed by atoms with Crippen LogP contribution < -0.4 is 5.32 Å². The number of aromatic nitrogens is 3. The highest BCUT2D eigenvalue weighted by Crippen LogP contribution is 2.39. The first-order valence-corrected chi connectivity index (χ1v) is 14.7. The van der Waals surface area contributed by atoms with E-state index in [0.717, 1.165) is 54.4 Å². The van der Waals surface area contributed by atoms with Crippen molar-refractivity contribution in [1.29, 1.82) is 0 Å². The van der Waals surface area contributed by atoms with E-state index in [4.69, 9.17) is 4.74 Å². The van der Waals surface area contributed by atoms with Crippen LogP contribution in [0.25, 0.3) is 21.5 Å². The summed E-state index contributed by atoms with van der Waals surface area (Å²) in [5, 5.41) is 16.5. The molecule has 0 saturated carbocycles. The zero-order chi connectivity index (χ0) is 25.2. The minimum Gasteiger partial charge on any atom is -0.465 e. The minimum atomic E-state index is -0.385. The summed E-state index contributed by atoms with van der Waals surface area (Å²) in [5.74, 6) is 0.408. The van der Waals surface area contributed by atoms with Crippen LogP contribution in [0.15, 0.2) is 34.8 Å². The highest BCUT2D eigenvalue weighted by Gasteiger charge is 2.27. The maximum absolute atomic E-state index is 13.0. The van der Waals surface area contributed by atoms with E-state index in [1.54, 1.807) is 11.3 Å². The molecule has 5 rings (SSSR count). The molecule has 0 atom stereocenters. The summed E-state index contributed by atoms with van der Waals surface area (Å²) < 4.78 is 8.34. The Labute approximate surface area is 222 Å². The number of carbonyl (C=O) groups is 2. The smallest absolute Gasteiger partial charge is 0.341 e. The standard InChI is InChI=1S/C26H28N4O3S3/c1-15(2)30-23(18-13-34-19-11-8-7-9-16(18)19)28-29-26(30)35-14-21(31)27-24-22(25(32)33-3)17-10-5-4-6-12-20(17)36-24/h7-9,11,13,15H,4-6,10,12,14H2,1-3H3,(H,27,31). The van der Waals surface area contributed by atoms with Crippen LogP contribution in [0.1, 0.15) is 60.0 Å². The van der Waals surface area contributed by atoms with Gasteiger partial charge < -0.3 is 10.1 Å². The fraction of sp³-hybridized carbons (Fsp3) is 0.385. The number of hydrogen-bond donors (Lipinski definition) is 1. The van der Waals surface area contributed by atoms with E-state index in [0.29, 0.717) is 15.7 Å². The Morgan fingerprint density at radius 2 is 1.97 bits per heavy atom. The van der Waals surface area contributed by atoms with E-state index in [9.17, 15) is 9.59 Å². The molecule has 36 heavy (non-hydrogen) atoms. The molecular formula is C26H28N4O3S3. The van der Waals surface area contributed by atoms with Crippen molar-refractivity contribution in [2.24, 2.45) is 0 Å². The first kappa shape index (κ1) is 25.0. The Morgan fingerprint density at radius 1 is 1.17 bits per heavy atom. The van der Waals surface area contributed by atoms with Crippen molar-refractivity contribution in [1.82, 2.24) is 14.8 Å². The molecule has 0 fully saturated rings. The van der Waals surface area contributed by atoms with Gasteiger partial charge in [-0.15, -0.1) is 32.9 Å². The zero-order valence-corrected chi connectivity index (χ0v) is 22.9. The number of fused-ring (bicyclic) bond motifs is 2. The molecule has 1 aromatic carbocycles. The molecule has 1 amide bonds. The van der Waals surface area contributed by atoms with Crippen LogP contribution in [0, 0.1) is 0 Å². The summed E-state index contributed by atoms with van der Waals surface area (Å²) >= 11 is 4.55. The number of rotatable bonds is 7. The lowest BCUT2D eigenvalue weighted by atomic mass is 10.1. The topological polar surface area (TPSA) is 86.1 Å². The Kier molecular flexibility index (Phi) is 7.45. The van der Waals surface area contributed by atoms with Gasteiger partial charge in [-0.05, 0) is 51.2 Å². The number of nitrogens with one attached hydrogen (secondary N) is 1. The number of carbonyl (C=O) groups excluding carboxylic acids is 2. The Bertz CT molecular complexity index is 1420. The number of thiophene rings is 2. The second-order valence-corrected chi connectivity index (χ2v) is 12.0. The lowest BCUT2D eigenvalue weighted by Crippen LogP contribution is -2.17. The molecule has 0 saturated heterocycles. The molecular weight excluding hydrogens is 513 g/mol. The van der Waals surface area contributed by atoms with Gasteiger partial charge >= 0.3 is 5.97 Å². The lowest BCUT2D eigenvalue weighted by Gasteiger charge is -2.13. The van der Waals surface area contributed by atoms with Crippen LogP contribution in [-0.4, -0.2) is 39.5 Å². The number of aryl methyl sites for hydroxylation is 1. The van der Waals surface area contributed by atoms with Gasteiger partial charge in [-0.1, -0.05) is 36.4 Å². The molecule has 188 valence electrons. The average Bonchev–Trinajstić information content (AvgIpc) is 3.53. The molecule has 3 aromatic heterocycles. The van der Waals surface area contributed by atoms with Crippen LogP contribution in [0.2, 0.25) is 0 Å². The number of hydrogen-bond acceptors (Lipinski definition) is 8. The fourth-order valence-corrected chi connectivity index (χ4v) is 7.72. The lowest BCUT2D eigenvalue weighted by molar-refractivity contribution is -0.113. The zero-order valence-electron chi connectivity index (χ0n) is 20.5. The van der Waals surface area contributed by atoms with Crippen molar-refractivity contribution in [3.05, 3.63) is 45.6 Å². The number of anilines is 1. The van der Waals surface area contributed by atoms with Crippen LogP contribution in [0.5, 0.6) is 0 Å². The van der Waals surface area contributed by atoms with E-state index in [-0.39, 0.29) is 23.7 Å². The van der Waals surface area contributed by atoms with Crippen molar-refractivity contribution < 1.29 is 14.3 Å². The largest absolute Gasteiger partial charge is 0.465 e. The quantitative estimate of drug-likeness (QED) is 0.162. The predicted octanol–water partition coefficient (Wildman–Crippen LogP) is 6.59. The second kappa shape index (κ2) is 10.7. The molecule has 0 unspecified atom stereocenters. The molecule has 4 aromatic rings. The van der Waals surface area contributed by atoms with Crippen LogP contribution in [0.4, 0.5) is 5.00 Å². The Balaban J connectivity index is 1.36. The monoisotopic (exact) mass is 540 g/mol. The number of ether oxygens (including phenoxy) is 1. The summed E-state index contributed by atoms with van der Waals surface area (Å²) in [6.45, 7) is 4.18. The maximum Gasteiger partial charge on any atom is 0.341 e. The molecule has 0 bridgehead atoms. The van der Waals surface area contributed by atoms with Gasteiger partial charge in [0, 0.05) is 31.9 Å². The van der Waals surface area contributed by atoms with E-state index >= 15 is 0 Å². The van der Waals surface area contributed by atoms with Gasteiger partial charge in [-0.25, -0.2) is 4.79 Å². The number of nitrogens with zero attached hydrogens (tertiary/aromatic N) is 3. The number of benzene rings is 1. The molecule has 0 spiro atoms. The van der Waals surface area contributed by atoms with Crippen molar-refractivity contribution in [2.45, 2.75) is 57.1 Å². The van der Waals surface area contributed by atoms with Gasteiger partial charge in [-0.3, -0.25) is 9.36 Å². The molecule has 0 radical (unpaired) electrons. The molecule has 0 aliphatic heterocycles. The summed E-state index contributed by atoms with van der Waals surface area (Å²) in [6, 6.07) is 8.39. The van der Waals surface area contributed by atoms with Crippen LogP contribution in [0.3, 0.4) is 0 Å². The third-order valence-corrected chi connectivity index (χ3v) is 9.41. The van der Waals surface area contributed by atoms with Crippen LogP contribution in [-0.2, 0) is 22.4 Å². The second-order valence-electron chi connectivity index (χ2n) is 9.01. The molecule has 1 aliphatic rings. The van der Waals surface area contributed by atoms with Crippen molar-refractivity contribution >= 4 is 61.4 Å². The maximum atomic E-state index is 13.0. The predicted molar refractivity (Wildman–Crippen MR) is 147 cm³/mol. The molecule has 1 N–H and O–H groups in total. The van der Waals surface area contributed by atoms with E-state index in [2.05, 4.69) is 51.4 Å². The van der Waals surface area contributed by atoms with Crippen LogP contribution >= 0.6 is 34.4 Å². The molecule has 7 nitrogen and oxygen atoms in total. The number of methoxy groups -OCH3 is 1. The molecule has 1 aliphatic carbocycles. The summed E-state index contributed by atoms with van der Waals surface area (Å²) in [7, 11) is 1.39. The molecule has 10 heteroatoms. The van der Waals surface area contributed by atoms with Gasteiger partial charge in [0.2, 0.25) is 5.91 Å². The van der Waals surface area contributed by atoms with Gasteiger partial charge in [0.25, 0.3) is 0 Å². The number of esters is 1. The SMILES string of the molecule is COC(=O)c1c(NC(=O)CSc2nnc(-c3csc4ccccc34)n2C(C)C)sc2c1CCCCC2. The van der Waals surface area contributed by atoms with Crippen molar-refractivity contribution in [3.63, 3.8) is 0 Å². The minimum absolute atomic E-state index is 0.123. The first-order chi connectivity index (χ1) is 17.5.